The van der Waals surface area contributed by atoms with Crippen molar-refractivity contribution < 1.29 is 19.8 Å². The number of aliphatic hydroxyl groups is 2. The molecule has 50 heavy (non-hydrogen) atoms. The zero-order valence-electron chi connectivity index (χ0n) is 27.6. The monoisotopic (exact) mass is 695 g/mol. The summed E-state index contributed by atoms with van der Waals surface area (Å²) < 4.78 is 1.78. The van der Waals surface area contributed by atoms with Gasteiger partial charge in [-0.15, -0.1) is 11.3 Å². The van der Waals surface area contributed by atoms with E-state index < -0.39 is 24.3 Å². The normalized spacial score (nSPS) is 21.8. The van der Waals surface area contributed by atoms with Crippen LogP contribution in [0, 0.1) is 0 Å². The predicted molar refractivity (Wildman–Crippen MR) is 194 cm³/mol. The minimum absolute atomic E-state index is 0.0184. The molecule has 13 nitrogen and oxygen atoms in total. The van der Waals surface area contributed by atoms with E-state index in [1.807, 2.05) is 58.8 Å². The van der Waals surface area contributed by atoms with Crippen molar-refractivity contribution in [1.82, 2.24) is 30.2 Å². The second-order valence-electron chi connectivity index (χ2n) is 12.8. The summed E-state index contributed by atoms with van der Waals surface area (Å²) in [7, 11) is 0. The molecule has 0 bridgehead atoms. The number of fused-ring (bicyclic) bond motifs is 1. The summed E-state index contributed by atoms with van der Waals surface area (Å²) >= 11 is 1.46. The average molecular weight is 696 g/mol. The fourth-order valence-electron chi connectivity index (χ4n) is 6.89. The van der Waals surface area contributed by atoms with E-state index in [9.17, 15) is 19.8 Å². The van der Waals surface area contributed by atoms with Crippen LogP contribution in [0.5, 0.6) is 0 Å². The van der Waals surface area contributed by atoms with Gasteiger partial charge in [-0.3, -0.25) is 10.1 Å². The molecule has 5 atom stereocenters. The van der Waals surface area contributed by atoms with Crippen LogP contribution < -0.4 is 26.2 Å². The van der Waals surface area contributed by atoms with Gasteiger partial charge >= 0.3 is 6.03 Å². The Bertz CT molecular complexity index is 1870. The third-order valence-electron chi connectivity index (χ3n) is 9.53. The molecule has 260 valence electrons. The molecule has 6 N–H and O–H groups in total. The summed E-state index contributed by atoms with van der Waals surface area (Å²) in [4.78, 5) is 41.6. The molecule has 7 rings (SSSR count). The Labute approximate surface area is 293 Å². The number of carbonyl (C=O) groups excluding carboxylic acids is 2. The largest absolute Gasteiger partial charge is 0.388 e. The van der Waals surface area contributed by atoms with Crippen LogP contribution in [-0.2, 0) is 4.79 Å². The fraction of sp³-hybridized carbons (Fsp3) is 0.361. The van der Waals surface area contributed by atoms with E-state index in [1.54, 1.807) is 17.8 Å². The van der Waals surface area contributed by atoms with Crippen LogP contribution in [0.3, 0.4) is 0 Å². The van der Waals surface area contributed by atoms with Crippen molar-refractivity contribution in [1.29, 1.82) is 0 Å². The van der Waals surface area contributed by atoms with Crippen LogP contribution in [-0.4, -0.2) is 85.6 Å². The molecule has 3 amide bonds. The number of benzene rings is 2. The Morgan fingerprint density at radius 3 is 2.38 bits per heavy atom. The van der Waals surface area contributed by atoms with Gasteiger partial charge in [-0.1, -0.05) is 67.6 Å². The quantitative estimate of drug-likeness (QED) is 0.119. The van der Waals surface area contributed by atoms with Crippen molar-refractivity contribution in [3.8, 4) is 0 Å². The van der Waals surface area contributed by atoms with E-state index in [0.717, 1.165) is 16.1 Å². The number of urea groups is 1. The fourth-order valence-corrected chi connectivity index (χ4v) is 7.50. The number of amides is 3. The number of nitrogens with one attached hydrogen (secondary N) is 4. The van der Waals surface area contributed by atoms with Gasteiger partial charge in [-0.2, -0.15) is 9.97 Å². The number of carbonyl (C=O) groups is 2. The van der Waals surface area contributed by atoms with E-state index in [0.29, 0.717) is 55.4 Å². The number of hydrogen-bond donors (Lipinski definition) is 6. The van der Waals surface area contributed by atoms with Crippen LogP contribution in [0.4, 0.5) is 21.6 Å². The number of aromatic nitrogens is 4. The highest BCUT2D eigenvalue weighted by Crippen LogP contribution is 2.35. The smallest absolute Gasteiger partial charge is 0.320 e. The molecule has 1 saturated heterocycles. The number of anilines is 3. The first-order valence-electron chi connectivity index (χ1n) is 17.0. The van der Waals surface area contributed by atoms with Crippen LogP contribution in [0.1, 0.15) is 49.3 Å². The Morgan fingerprint density at radius 2 is 1.70 bits per heavy atom. The maximum atomic E-state index is 12.7. The highest BCUT2D eigenvalue weighted by atomic mass is 32.1. The lowest BCUT2D eigenvalue weighted by Crippen LogP contribution is -2.42. The number of aliphatic hydroxyl groups excluding tert-OH is 2. The van der Waals surface area contributed by atoms with Gasteiger partial charge in [-0.05, 0) is 41.5 Å². The topological polar surface area (TPSA) is 170 Å². The molecule has 1 aliphatic heterocycles. The lowest BCUT2D eigenvalue weighted by atomic mass is 9.91. The molecule has 0 unspecified atom stereocenters. The molecule has 1 saturated carbocycles. The number of rotatable bonds is 11. The lowest BCUT2D eigenvalue weighted by Gasteiger charge is -2.22. The average Bonchev–Trinajstić information content (AvgIpc) is 3.95. The van der Waals surface area contributed by atoms with Gasteiger partial charge in [0.2, 0.25) is 11.9 Å². The molecule has 2 aliphatic rings. The molecule has 2 aromatic carbocycles. The van der Waals surface area contributed by atoms with Crippen LogP contribution in [0.25, 0.3) is 11.2 Å². The second kappa shape index (κ2) is 14.8. The minimum atomic E-state index is -1.15. The number of hydrogen-bond acceptors (Lipinski definition) is 10. The summed E-state index contributed by atoms with van der Waals surface area (Å²) in [6, 6.07) is 22.7. The van der Waals surface area contributed by atoms with E-state index in [1.165, 1.54) is 11.3 Å². The maximum absolute atomic E-state index is 12.7. The first-order chi connectivity index (χ1) is 24.4. The van der Waals surface area contributed by atoms with Crippen LogP contribution >= 0.6 is 11.3 Å². The summed E-state index contributed by atoms with van der Waals surface area (Å²) in [6.45, 7) is 3.39. The Kier molecular flexibility index (Phi) is 9.92. The first-order valence-corrected chi connectivity index (χ1v) is 17.9. The van der Waals surface area contributed by atoms with Gasteiger partial charge in [0.1, 0.15) is 12.2 Å². The van der Waals surface area contributed by atoms with Gasteiger partial charge in [0.15, 0.2) is 17.0 Å². The SMILES string of the molecule is CCC(=O)N[C@H]1C[C@@H](n2cnc3c(NCC(c4ccccc4)c4ccccc4)nc(N4CC[C@@H](NC(=O)Nc5cccs5)C4)nc32)[C@H](O)[C@@H]1O. The summed E-state index contributed by atoms with van der Waals surface area (Å²) in [5.74, 6) is 0.826. The van der Waals surface area contributed by atoms with Crippen molar-refractivity contribution in [3.63, 3.8) is 0 Å². The van der Waals surface area contributed by atoms with E-state index >= 15 is 0 Å². The molecule has 3 aromatic heterocycles. The zero-order chi connectivity index (χ0) is 34.6. The van der Waals surface area contributed by atoms with Crippen molar-refractivity contribution in [2.45, 2.75) is 62.4 Å². The van der Waals surface area contributed by atoms with Gasteiger partial charge in [0.05, 0.1) is 23.4 Å². The molecule has 1 aliphatic carbocycles. The molecule has 14 heteroatoms. The van der Waals surface area contributed by atoms with E-state index in [2.05, 4.69) is 45.5 Å². The molecular formula is C36H41N9O4S. The summed E-state index contributed by atoms with van der Waals surface area (Å²) in [5, 5.41) is 37.1. The Hall–Kier alpha value is -5.05. The first kappa shape index (κ1) is 33.4. The zero-order valence-corrected chi connectivity index (χ0v) is 28.5. The predicted octanol–water partition coefficient (Wildman–Crippen LogP) is 4.09. The van der Waals surface area contributed by atoms with Crippen molar-refractivity contribution >= 4 is 51.2 Å². The molecular weight excluding hydrogens is 655 g/mol. The number of thiophene rings is 1. The molecule has 0 spiro atoms. The van der Waals surface area contributed by atoms with E-state index in [4.69, 9.17) is 15.0 Å². The summed E-state index contributed by atoms with van der Waals surface area (Å²) in [6.07, 6.45) is 0.618. The Balaban J connectivity index is 1.19. The Morgan fingerprint density at radius 1 is 0.960 bits per heavy atom. The second-order valence-corrected chi connectivity index (χ2v) is 13.7. The summed E-state index contributed by atoms with van der Waals surface area (Å²) in [5.41, 5.74) is 3.33. The highest BCUT2D eigenvalue weighted by Gasteiger charge is 2.44. The number of nitrogens with zero attached hydrogens (tertiary/aromatic N) is 5. The number of imidazole rings is 1. The third kappa shape index (κ3) is 7.13. The van der Waals surface area contributed by atoms with Gasteiger partial charge in [0.25, 0.3) is 0 Å². The maximum Gasteiger partial charge on any atom is 0.320 e. The van der Waals surface area contributed by atoms with Crippen molar-refractivity contribution in [3.05, 3.63) is 95.6 Å². The van der Waals surface area contributed by atoms with E-state index in [-0.39, 0.29) is 30.3 Å². The minimum Gasteiger partial charge on any atom is -0.388 e. The lowest BCUT2D eigenvalue weighted by molar-refractivity contribution is -0.122. The molecule has 2 fully saturated rings. The van der Waals surface area contributed by atoms with Crippen LogP contribution in [0.15, 0.2) is 84.5 Å². The van der Waals surface area contributed by atoms with Crippen LogP contribution in [0.2, 0.25) is 0 Å². The molecule has 4 heterocycles. The highest BCUT2D eigenvalue weighted by molar-refractivity contribution is 7.14. The van der Waals surface area contributed by atoms with Crippen molar-refractivity contribution in [2.24, 2.45) is 0 Å². The standard InChI is InChI=1S/C36H41N9O4S/c1-2-28(46)40-26-18-27(32(48)31(26)47)45-21-38-30-33(37-19-25(22-10-5-3-6-11-22)23-12-7-4-8-13-23)42-35(43-34(30)45)44-16-15-24(20-44)39-36(49)41-29-14-9-17-50-29/h3-14,17,21,24-27,31-32,47-48H,2,15-16,18-20H2,1H3,(H,40,46)(H,37,42,43)(H2,39,41,49)/t24-,26+,27-,31-,32+/m1/s1. The van der Waals surface area contributed by atoms with Gasteiger partial charge in [0, 0.05) is 38.0 Å². The third-order valence-corrected chi connectivity index (χ3v) is 10.3. The van der Waals surface area contributed by atoms with Gasteiger partial charge in [-0.25, -0.2) is 9.78 Å². The van der Waals surface area contributed by atoms with Gasteiger partial charge < -0.3 is 35.6 Å². The van der Waals surface area contributed by atoms with Crippen molar-refractivity contribution in [2.75, 3.05) is 35.2 Å². The molecule has 0 radical (unpaired) electrons. The molecule has 5 aromatic rings.